The number of alkyl carbamates (subject to hydrolysis) is 1. The molecule has 1 unspecified atom stereocenters. The number of carbonyl (C=O) groups excluding carboxylic acids is 1. The summed E-state index contributed by atoms with van der Waals surface area (Å²) in [6.45, 7) is 14.1. The quantitative estimate of drug-likeness (QED) is 0.744. The molecule has 3 heteroatoms. The van der Waals surface area contributed by atoms with Gasteiger partial charge in [0.2, 0.25) is 0 Å². The lowest BCUT2D eigenvalue weighted by atomic mass is 10.1. The SMILES string of the molecule is CCC.CCCCC(CC)NC(=O)OC(C)(C)C.[HH]. The van der Waals surface area contributed by atoms with Gasteiger partial charge in [-0.25, -0.2) is 4.79 Å². The summed E-state index contributed by atoms with van der Waals surface area (Å²) in [5.74, 6) is 0. The standard InChI is InChI=1S/C12H25NO2.C3H8.H2/c1-6-8-9-10(7-2)13-11(14)15-12(3,4)5;1-3-2;/h10H,6-9H2,1-5H3,(H,13,14);3H2,1-2H3;1H. The molecule has 0 aromatic rings. The van der Waals surface area contributed by atoms with Crippen molar-refractivity contribution in [2.24, 2.45) is 0 Å². The largest absolute Gasteiger partial charge is 0.444 e. The average Bonchev–Trinajstić information content (AvgIpc) is 2.22. The molecule has 0 aromatic carbocycles. The monoisotopic (exact) mass is 261 g/mol. The van der Waals surface area contributed by atoms with Crippen LogP contribution < -0.4 is 5.32 Å². The Bertz CT molecular complexity index is 203. The molecule has 1 amide bonds. The lowest BCUT2D eigenvalue weighted by molar-refractivity contribution is 0.0500. The number of unbranched alkanes of at least 4 members (excludes halogenated alkanes) is 1. The fraction of sp³-hybridized carbons (Fsp3) is 0.933. The predicted octanol–water partition coefficient (Wildman–Crippen LogP) is 5.14. The molecule has 0 radical (unpaired) electrons. The molecule has 0 heterocycles. The van der Waals surface area contributed by atoms with Gasteiger partial charge in [0.1, 0.15) is 5.60 Å². The van der Waals surface area contributed by atoms with Crippen LogP contribution in [-0.4, -0.2) is 17.7 Å². The van der Waals surface area contributed by atoms with Crippen molar-refractivity contribution in [1.82, 2.24) is 5.32 Å². The van der Waals surface area contributed by atoms with E-state index in [9.17, 15) is 4.79 Å². The molecule has 0 aliphatic heterocycles. The van der Waals surface area contributed by atoms with Gasteiger partial charge in [0.25, 0.3) is 0 Å². The average molecular weight is 261 g/mol. The molecule has 1 atom stereocenters. The third-order valence-corrected chi connectivity index (χ3v) is 2.12. The predicted molar refractivity (Wildman–Crippen MR) is 81.1 cm³/mol. The van der Waals surface area contributed by atoms with Gasteiger partial charge < -0.3 is 10.1 Å². The molecule has 18 heavy (non-hydrogen) atoms. The first kappa shape index (κ1) is 19.6. The van der Waals surface area contributed by atoms with E-state index < -0.39 is 5.60 Å². The second-order valence-electron chi connectivity index (χ2n) is 5.60. The van der Waals surface area contributed by atoms with Gasteiger partial charge in [-0.1, -0.05) is 47.0 Å². The Balaban J connectivity index is -0.000000580. The Labute approximate surface area is 115 Å². The van der Waals surface area contributed by atoms with Crippen LogP contribution in [0.2, 0.25) is 0 Å². The second-order valence-corrected chi connectivity index (χ2v) is 5.60. The van der Waals surface area contributed by atoms with E-state index in [1.807, 2.05) is 20.8 Å². The molecule has 0 rings (SSSR count). The summed E-state index contributed by atoms with van der Waals surface area (Å²) < 4.78 is 5.20. The first-order valence-corrected chi connectivity index (χ1v) is 7.30. The third-order valence-electron chi connectivity index (χ3n) is 2.12. The summed E-state index contributed by atoms with van der Waals surface area (Å²) in [4.78, 5) is 11.5. The van der Waals surface area contributed by atoms with Crippen molar-refractivity contribution in [3.8, 4) is 0 Å². The van der Waals surface area contributed by atoms with Crippen LogP contribution in [0.4, 0.5) is 4.79 Å². The highest BCUT2D eigenvalue weighted by Gasteiger charge is 2.18. The first-order chi connectivity index (χ1) is 8.30. The van der Waals surface area contributed by atoms with Crippen LogP contribution in [0.25, 0.3) is 0 Å². The smallest absolute Gasteiger partial charge is 0.407 e. The van der Waals surface area contributed by atoms with Crippen LogP contribution >= 0.6 is 0 Å². The topological polar surface area (TPSA) is 38.3 Å². The van der Waals surface area contributed by atoms with E-state index in [4.69, 9.17) is 4.74 Å². The van der Waals surface area contributed by atoms with Crippen molar-refractivity contribution < 1.29 is 11.0 Å². The number of carbonyl (C=O) groups is 1. The highest BCUT2D eigenvalue weighted by Crippen LogP contribution is 2.09. The van der Waals surface area contributed by atoms with Gasteiger partial charge in [-0.15, -0.1) is 0 Å². The highest BCUT2D eigenvalue weighted by atomic mass is 16.6. The van der Waals surface area contributed by atoms with Crippen LogP contribution in [-0.2, 0) is 4.74 Å². The fourth-order valence-electron chi connectivity index (χ4n) is 1.30. The number of hydrogen-bond acceptors (Lipinski definition) is 2. The molecule has 0 fully saturated rings. The molecule has 0 bridgehead atoms. The van der Waals surface area contributed by atoms with Gasteiger partial charge in [0.15, 0.2) is 0 Å². The van der Waals surface area contributed by atoms with Crippen molar-refractivity contribution in [2.75, 3.05) is 0 Å². The highest BCUT2D eigenvalue weighted by molar-refractivity contribution is 5.68. The van der Waals surface area contributed by atoms with Gasteiger partial charge in [-0.3, -0.25) is 0 Å². The maximum Gasteiger partial charge on any atom is 0.407 e. The summed E-state index contributed by atoms with van der Waals surface area (Å²) in [7, 11) is 0. The van der Waals surface area contributed by atoms with Crippen molar-refractivity contribution >= 4 is 6.09 Å². The van der Waals surface area contributed by atoms with E-state index in [-0.39, 0.29) is 13.6 Å². The van der Waals surface area contributed by atoms with Crippen molar-refractivity contribution in [3.05, 3.63) is 0 Å². The van der Waals surface area contributed by atoms with E-state index in [1.165, 1.54) is 6.42 Å². The van der Waals surface area contributed by atoms with Gasteiger partial charge in [-0.05, 0) is 33.6 Å². The summed E-state index contributed by atoms with van der Waals surface area (Å²) in [5, 5.41) is 2.90. The normalized spacial score (nSPS) is 12.2. The van der Waals surface area contributed by atoms with Crippen LogP contribution in [0.15, 0.2) is 0 Å². The Morgan fingerprint density at radius 3 is 2.06 bits per heavy atom. The Morgan fingerprint density at radius 1 is 1.22 bits per heavy atom. The summed E-state index contributed by atoms with van der Waals surface area (Å²) in [5.41, 5.74) is -0.410. The van der Waals surface area contributed by atoms with E-state index in [0.29, 0.717) is 0 Å². The Kier molecular flexibility index (Phi) is 12.4. The van der Waals surface area contributed by atoms with Gasteiger partial charge in [0.05, 0.1) is 0 Å². The molecular formula is C15H35NO2. The van der Waals surface area contributed by atoms with Crippen molar-refractivity contribution in [1.29, 1.82) is 0 Å². The lowest BCUT2D eigenvalue weighted by Gasteiger charge is -2.23. The van der Waals surface area contributed by atoms with Gasteiger partial charge >= 0.3 is 6.09 Å². The van der Waals surface area contributed by atoms with Crippen LogP contribution in [0.3, 0.4) is 0 Å². The summed E-state index contributed by atoms with van der Waals surface area (Å²) in [6, 6.07) is 0.250. The molecule has 0 aliphatic rings. The number of amides is 1. The second kappa shape index (κ2) is 11.4. The molecule has 0 saturated heterocycles. The molecule has 0 saturated carbocycles. The van der Waals surface area contributed by atoms with E-state index >= 15 is 0 Å². The first-order valence-electron chi connectivity index (χ1n) is 7.30. The molecule has 112 valence electrons. The van der Waals surface area contributed by atoms with Gasteiger partial charge in [-0.2, -0.15) is 0 Å². The molecule has 3 nitrogen and oxygen atoms in total. The zero-order valence-corrected chi connectivity index (χ0v) is 13.4. The van der Waals surface area contributed by atoms with E-state index in [0.717, 1.165) is 25.7 Å². The zero-order chi connectivity index (χ0) is 14.6. The Hall–Kier alpha value is -0.730. The lowest BCUT2D eigenvalue weighted by Crippen LogP contribution is -2.38. The zero-order valence-electron chi connectivity index (χ0n) is 13.4. The minimum absolute atomic E-state index is 0. The van der Waals surface area contributed by atoms with E-state index in [2.05, 4.69) is 33.0 Å². The molecular weight excluding hydrogens is 226 g/mol. The van der Waals surface area contributed by atoms with Crippen molar-refractivity contribution in [3.63, 3.8) is 0 Å². The van der Waals surface area contributed by atoms with Crippen molar-refractivity contribution in [2.45, 2.75) is 92.2 Å². The summed E-state index contributed by atoms with van der Waals surface area (Å²) in [6.07, 6.45) is 5.25. The molecule has 0 spiro atoms. The fourth-order valence-corrected chi connectivity index (χ4v) is 1.30. The maximum atomic E-state index is 11.5. The minimum atomic E-state index is -0.410. The van der Waals surface area contributed by atoms with Crippen LogP contribution in [0.1, 0.15) is 82.0 Å². The molecule has 0 aromatic heterocycles. The molecule has 0 aliphatic carbocycles. The van der Waals surface area contributed by atoms with Gasteiger partial charge in [0, 0.05) is 7.47 Å². The van der Waals surface area contributed by atoms with E-state index in [1.54, 1.807) is 0 Å². The Morgan fingerprint density at radius 2 is 1.72 bits per heavy atom. The number of nitrogens with one attached hydrogen (secondary N) is 1. The number of rotatable bonds is 5. The third kappa shape index (κ3) is 15.3. The van der Waals surface area contributed by atoms with Crippen LogP contribution in [0.5, 0.6) is 0 Å². The number of ether oxygens (including phenoxy) is 1. The summed E-state index contributed by atoms with van der Waals surface area (Å²) >= 11 is 0. The van der Waals surface area contributed by atoms with Crippen LogP contribution in [0, 0.1) is 0 Å². The molecule has 1 N–H and O–H groups in total. The number of hydrogen-bond donors (Lipinski definition) is 1. The maximum absolute atomic E-state index is 11.5. The minimum Gasteiger partial charge on any atom is -0.444 e.